The van der Waals surface area contributed by atoms with Gasteiger partial charge in [-0.2, -0.15) is 0 Å². The Morgan fingerprint density at radius 3 is 2.40 bits per heavy atom. The summed E-state index contributed by atoms with van der Waals surface area (Å²) in [4.78, 5) is 28.3. The van der Waals surface area contributed by atoms with Gasteiger partial charge in [0.15, 0.2) is 11.5 Å². The van der Waals surface area contributed by atoms with Gasteiger partial charge in [0.1, 0.15) is 16.5 Å². The molecule has 0 radical (unpaired) electrons. The predicted octanol–water partition coefficient (Wildman–Crippen LogP) is 5.77. The lowest BCUT2D eigenvalue weighted by Crippen LogP contribution is -2.37. The van der Waals surface area contributed by atoms with Crippen molar-refractivity contribution in [3.05, 3.63) is 57.1 Å². The van der Waals surface area contributed by atoms with Crippen molar-refractivity contribution in [1.82, 2.24) is 4.90 Å². The Kier molecular flexibility index (Phi) is 7.47. The van der Waals surface area contributed by atoms with Crippen molar-refractivity contribution in [1.29, 1.82) is 0 Å². The number of rotatable bonds is 7. The third-order valence-electron chi connectivity index (χ3n) is 6.48. The summed E-state index contributed by atoms with van der Waals surface area (Å²) in [6.07, 6.45) is 3.52. The maximum Gasteiger partial charge on any atom is 0.295 e. The number of ether oxygens (including phenoxy) is 3. The molecule has 1 saturated heterocycles. The van der Waals surface area contributed by atoms with Gasteiger partial charge in [-0.1, -0.05) is 48.2 Å². The van der Waals surface area contributed by atoms with Crippen LogP contribution in [0, 0.1) is 0 Å². The molecule has 1 atom stereocenters. The van der Waals surface area contributed by atoms with E-state index in [-0.39, 0.29) is 38.7 Å². The van der Waals surface area contributed by atoms with Crippen molar-refractivity contribution in [2.45, 2.75) is 44.7 Å². The number of carbonyl (C=O) groups excluding carboxylic acids is 2. The highest BCUT2D eigenvalue weighted by atomic mass is 35.5. The number of methoxy groups -OCH3 is 2. The molecule has 0 spiro atoms. The van der Waals surface area contributed by atoms with Crippen molar-refractivity contribution in [3.63, 3.8) is 0 Å². The number of aliphatic hydroxyl groups is 1. The average Bonchev–Trinajstić information content (AvgIpc) is 3.46. The van der Waals surface area contributed by atoms with E-state index in [2.05, 4.69) is 0 Å². The summed E-state index contributed by atoms with van der Waals surface area (Å²) in [5, 5.41) is 11.7. The summed E-state index contributed by atoms with van der Waals surface area (Å²) in [5.74, 6) is -0.969. The fraction of sp³-hybridized carbons (Fsp3) is 0.385. The first-order valence-electron chi connectivity index (χ1n) is 11.5. The van der Waals surface area contributed by atoms with Crippen LogP contribution in [0.4, 0.5) is 0 Å². The summed E-state index contributed by atoms with van der Waals surface area (Å²) in [7, 11) is 2.79. The molecule has 0 bridgehead atoms. The number of aliphatic hydroxyl groups excluding tert-OH is 1. The van der Waals surface area contributed by atoms with E-state index >= 15 is 0 Å². The minimum absolute atomic E-state index is 0.0453. The van der Waals surface area contributed by atoms with E-state index in [0.717, 1.165) is 25.7 Å². The van der Waals surface area contributed by atoms with Crippen LogP contribution in [-0.4, -0.2) is 48.6 Å². The molecular weight excluding hydrogens is 493 g/mol. The molecule has 2 aromatic rings. The minimum Gasteiger partial charge on any atom is -0.507 e. The van der Waals surface area contributed by atoms with E-state index in [1.807, 2.05) is 13.0 Å². The Balaban J connectivity index is 1.96. The summed E-state index contributed by atoms with van der Waals surface area (Å²) in [6.45, 7) is 2.34. The second-order valence-corrected chi connectivity index (χ2v) is 9.22. The van der Waals surface area contributed by atoms with Crippen LogP contribution in [-0.2, 0) is 9.59 Å². The zero-order chi connectivity index (χ0) is 25.3. The topological polar surface area (TPSA) is 85.3 Å². The Morgan fingerprint density at radius 1 is 1.09 bits per heavy atom. The highest BCUT2D eigenvalue weighted by Gasteiger charge is 2.49. The Labute approximate surface area is 214 Å². The summed E-state index contributed by atoms with van der Waals surface area (Å²) in [6, 6.07) is 7.72. The smallest absolute Gasteiger partial charge is 0.295 e. The third kappa shape index (κ3) is 4.43. The first-order chi connectivity index (χ1) is 16.8. The molecule has 0 aromatic heterocycles. The van der Waals surface area contributed by atoms with Gasteiger partial charge in [0.05, 0.1) is 43.0 Å². The molecule has 4 rings (SSSR count). The number of amides is 1. The van der Waals surface area contributed by atoms with Crippen LogP contribution in [0.15, 0.2) is 35.9 Å². The maximum atomic E-state index is 13.4. The molecule has 9 heteroatoms. The van der Waals surface area contributed by atoms with Crippen LogP contribution in [0.3, 0.4) is 0 Å². The van der Waals surface area contributed by atoms with Crippen molar-refractivity contribution in [3.8, 4) is 17.2 Å². The highest BCUT2D eigenvalue weighted by Crippen LogP contribution is 2.48. The molecular formula is C26H27Cl2NO6. The van der Waals surface area contributed by atoms with Gasteiger partial charge in [-0.3, -0.25) is 9.59 Å². The molecule has 7 nitrogen and oxygen atoms in total. The van der Waals surface area contributed by atoms with Crippen LogP contribution in [0.1, 0.15) is 49.8 Å². The van der Waals surface area contributed by atoms with Crippen molar-refractivity contribution < 1.29 is 28.9 Å². The van der Waals surface area contributed by atoms with E-state index in [4.69, 9.17) is 37.4 Å². The van der Waals surface area contributed by atoms with Crippen molar-refractivity contribution >= 4 is 40.7 Å². The lowest BCUT2D eigenvalue weighted by Gasteiger charge is -2.31. The predicted molar refractivity (Wildman–Crippen MR) is 134 cm³/mol. The SMILES string of the molecule is CCOc1cccc(C2/C(=C(\O)c3cc(Cl)c(OC)c(Cl)c3OC)C(=O)C(=O)N2C2CCCC2)c1. The average molecular weight is 520 g/mol. The van der Waals surface area contributed by atoms with Gasteiger partial charge in [-0.25, -0.2) is 0 Å². The van der Waals surface area contributed by atoms with Gasteiger partial charge in [0.2, 0.25) is 0 Å². The van der Waals surface area contributed by atoms with Gasteiger partial charge >= 0.3 is 0 Å². The zero-order valence-electron chi connectivity index (χ0n) is 19.8. The number of benzene rings is 2. The molecule has 1 N–H and O–H groups in total. The number of hydrogen-bond acceptors (Lipinski definition) is 6. The number of likely N-dealkylation sites (tertiary alicyclic amines) is 1. The van der Waals surface area contributed by atoms with Crippen molar-refractivity contribution in [2.75, 3.05) is 20.8 Å². The lowest BCUT2D eigenvalue weighted by atomic mass is 9.94. The quantitative estimate of drug-likeness (QED) is 0.283. The van der Waals surface area contributed by atoms with Crippen LogP contribution < -0.4 is 14.2 Å². The van der Waals surface area contributed by atoms with Crippen molar-refractivity contribution in [2.24, 2.45) is 0 Å². The molecule has 1 aliphatic heterocycles. The van der Waals surface area contributed by atoms with Gasteiger partial charge in [0, 0.05) is 6.04 Å². The standard InChI is InChI=1S/C26H27Cl2NO6/c1-4-35-16-11-7-8-14(12-16)21-19(23(31)26(32)29(21)15-9-5-6-10-15)22(30)17-13-18(27)25(34-3)20(28)24(17)33-2/h7-8,11-13,15,21,30H,4-6,9-10H2,1-3H3/b22-19+. The van der Waals surface area contributed by atoms with Crippen LogP contribution in [0.5, 0.6) is 17.2 Å². The highest BCUT2D eigenvalue weighted by molar-refractivity contribution is 6.47. The summed E-state index contributed by atoms with van der Waals surface area (Å²) < 4.78 is 16.3. The first kappa shape index (κ1) is 25.2. The molecule has 1 aliphatic carbocycles. The Hall–Kier alpha value is -2.90. The number of nitrogens with zero attached hydrogens (tertiary/aromatic N) is 1. The van der Waals surface area contributed by atoms with Gasteiger partial charge in [-0.05, 0) is 43.5 Å². The number of ketones is 1. The van der Waals surface area contributed by atoms with E-state index in [9.17, 15) is 14.7 Å². The molecule has 35 heavy (non-hydrogen) atoms. The molecule has 2 fully saturated rings. The molecule has 1 saturated carbocycles. The fourth-order valence-corrected chi connectivity index (χ4v) is 5.66. The minimum atomic E-state index is -0.803. The molecule has 186 valence electrons. The number of Topliss-reactive ketones (excluding diaryl/α,β-unsaturated/α-hetero) is 1. The Morgan fingerprint density at radius 2 is 1.77 bits per heavy atom. The third-order valence-corrected chi connectivity index (χ3v) is 7.10. The number of carbonyl (C=O) groups is 2. The zero-order valence-corrected chi connectivity index (χ0v) is 21.3. The van der Waals surface area contributed by atoms with Gasteiger partial charge in [-0.15, -0.1) is 0 Å². The normalized spacial score (nSPS) is 19.9. The van der Waals surface area contributed by atoms with Crippen LogP contribution in [0.2, 0.25) is 10.0 Å². The number of hydrogen-bond donors (Lipinski definition) is 1. The fourth-order valence-electron chi connectivity index (χ4n) is 4.97. The monoisotopic (exact) mass is 519 g/mol. The Bertz CT molecular complexity index is 1190. The molecule has 1 heterocycles. The number of halogens is 2. The first-order valence-corrected chi connectivity index (χ1v) is 12.2. The van der Waals surface area contributed by atoms with E-state index in [1.165, 1.54) is 20.3 Å². The second-order valence-electron chi connectivity index (χ2n) is 8.44. The van der Waals surface area contributed by atoms with Crippen LogP contribution in [0.25, 0.3) is 5.76 Å². The molecule has 1 amide bonds. The lowest BCUT2D eigenvalue weighted by molar-refractivity contribution is -0.141. The van der Waals surface area contributed by atoms with Gasteiger partial charge in [0.25, 0.3) is 11.7 Å². The summed E-state index contributed by atoms with van der Waals surface area (Å²) >= 11 is 12.8. The second kappa shape index (κ2) is 10.4. The maximum absolute atomic E-state index is 13.4. The summed E-state index contributed by atoms with van der Waals surface area (Å²) in [5.41, 5.74) is 0.707. The van der Waals surface area contributed by atoms with Gasteiger partial charge < -0.3 is 24.2 Å². The van der Waals surface area contributed by atoms with Crippen LogP contribution >= 0.6 is 23.2 Å². The van der Waals surface area contributed by atoms with E-state index in [1.54, 1.807) is 23.1 Å². The molecule has 2 aromatic carbocycles. The molecule has 2 aliphatic rings. The van der Waals surface area contributed by atoms with E-state index in [0.29, 0.717) is 17.9 Å². The largest absolute Gasteiger partial charge is 0.507 e. The van der Waals surface area contributed by atoms with E-state index < -0.39 is 23.5 Å². The molecule has 1 unspecified atom stereocenters.